The van der Waals surface area contributed by atoms with Crippen LogP contribution in [0.2, 0.25) is 0 Å². The zero-order chi connectivity index (χ0) is 20.9. The van der Waals surface area contributed by atoms with Crippen molar-refractivity contribution in [1.82, 2.24) is 0 Å². The predicted molar refractivity (Wildman–Crippen MR) is 98.0 cm³/mol. The summed E-state index contributed by atoms with van der Waals surface area (Å²) >= 11 is -5.14. The number of hydrogen-bond donors (Lipinski definition) is 4. The summed E-state index contributed by atoms with van der Waals surface area (Å²) in [6, 6.07) is 3.71. The smallest absolute Gasteiger partial charge is 0.263 e. The average Bonchev–Trinajstić information content (AvgIpc) is 2.62. The van der Waals surface area contributed by atoms with Crippen LogP contribution in [-0.4, -0.2) is 39.8 Å². The number of carbonyl (C=O) groups is 1. The fourth-order valence-electron chi connectivity index (χ4n) is 2.39. The topological polar surface area (TPSA) is 116 Å². The Bertz CT molecular complexity index is 930. The van der Waals surface area contributed by atoms with Gasteiger partial charge in [-0.05, 0) is 24.1 Å². The van der Waals surface area contributed by atoms with Gasteiger partial charge < -0.3 is 4.74 Å². The van der Waals surface area contributed by atoms with Crippen molar-refractivity contribution in [3.8, 4) is 5.75 Å². The second-order valence-electron chi connectivity index (χ2n) is 5.75. The molecule has 1 aliphatic carbocycles. The van der Waals surface area contributed by atoms with E-state index < -0.39 is 26.5 Å². The molecule has 10 heteroatoms. The Morgan fingerprint density at radius 2 is 2.04 bits per heavy atom. The molecule has 1 aliphatic heterocycles. The first-order valence-corrected chi connectivity index (χ1v) is 11.4. The number of alkyl halides is 2. The second kappa shape index (κ2) is 9.05. The van der Waals surface area contributed by atoms with Gasteiger partial charge in [0.05, 0.1) is 6.26 Å². The monoisotopic (exact) mass is 457 g/mol. The van der Waals surface area contributed by atoms with Crippen LogP contribution in [0.3, 0.4) is 0 Å². The number of ether oxygens (including phenoxy) is 1. The molecule has 0 fully saturated rings. The van der Waals surface area contributed by atoms with Gasteiger partial charge in [-0.25, -0.2) is 8.78 Å². The fraction of sp³-hybridized carbons (Fsp3) is 0.167. The van der Waals surface area contributed by atoms with Crippen LogP contribution in [0.25, 0.3) is 0 Å². The Hall–Kier alpha value is -2.61. The predicted octanol–water partition coefficient (Wildman–Crippen LogP) is 1.85. The maximum absolute atomic E-state index is 12.3. The Kier molecular flexibility index (Phi) is 7.01. The maximum atomic E-state index is 12.3. The summed E-state index contributed by atoms with van der Waals surface area (Å²) in [5.74, 6) is -0.338. The number of para-hydroxylation sites is 1. The van der Waals surface area contributed by atoms with Crippen molar-refractivity contribution in [2.45, 2.75) is 19.8 Å². The summed E-state index contributed by atoms with van der Waals surface area (Å²) < 4.78 is 58.4. The van der Waals surface area contributed by atoms with E-state index in [9.17, 15) is 22.4 Å². The quantitative estimate of drug-likeness (QED) is 0.407. The number of nitrogens with one attached hydrogen (secondary N) is 1. The maximum Gasteiger partial charge on any atom is 0.263 e. The largest absolute Gasteiger partial charge is 0.465 e. The van der Waals surface area contributed by atoms with Crippen LogP contribution in [-0.2, 0) is 13.3 Å². The van der Waals surface area contributed by atoms with Crippen LogP contribution in [0.5, 0.6) is 5.75 Å². The van der Waals surface area contributed by atoms with E-state index in [0.29, 0.717) is 12.2 Å². The number of phenolic OH excluding ortho intramolecular Hbond substituents is 1. The number of allylic oxidation sites excluding steroid dienone is 6. The molecule has 2 aliphatic rings. The molecule has 0 saturated heterocycles. The van der Waals surface area contributed by atoms with E-state index in [-0.39, 0.29) is 21.4 Å². The zero-order valence-corrected chi connectivity index (χ0v) is 16.5. The van der Waals surface area contributed by atoms with E-state index in [1.54, 1.807) is 6.08 Å². The summed E-state index contributed by atoms with van der Waals surface area (Å²) in [5.41, 5.74) is 0.770. The molecule has 1 amide bonds. The van der Waals surface area contributed by atoms with E-state index in [1.165, 1.54) is 43.5 Å². The first-order valence-electron chi connectivity index (χ1n) is 7.98. The number of phenols is 1. The summed E-state index contributed by atoms with van der Waals surface area (Å²) in [4.78, 5) is 10.8. The minimum atomic E-state index is -5.14. The molecule has 0 aromatic heterocycles. The van der Waals surface area contributed by atoms with Gasteiger partial charge in [-0.15, -0.1) is 0 Å². The summed E-state index contributed by atoms with van der Waals surface area (Å²) in [7, 11) is 0. The fourth-order valence-corrected chi connectivity index (χ4v) is 3.94. The molecular formula is C18H18AsF2NO6. The third kappa shape index (κ3) is 5.69. The van der Waals surface area contributed by atoms with Crippen LogP contribution in [0, 0.1) is 0 Å². The molecule has 1 heterocycles. The molecule has 0 bridgehead atoms. The number of carbonyl (C=O) groups excluding carboxylic acids is 1. The molecule has 7 nitrogen and oxygen atoms in total. The van der Waals surface area contributed by atoms with Crippen LogP contribution >= 0.6 is 0 Å². The molecular weight excluding hydrogens is 439 g/mol. The number of rotatable bonds is 3. The second-order valence-corrected chi connectivity index (χ2v) is 9.05. The van der Waals surface area contributed by atoms with Crippen molar-refractivity contribution >= 4 is 30.1 Å². The van der Waals surface area contributed by atoms with Gasteiger partial charge in [0.1, 0.15) is 5.76 Å². The van der Waals surface area contributed by atoms with Gasteiger partial charge in [-0.3, -0.25) is 0 Å². The minimum absolute atomic E-state index is 0.0439. The van der Waals surface area contributed by atoms with Crippen LogP contribution in [0.4, 0.5) is 14.5 Å². The Morgan fingerprint density at radius 3 is 2.64 bits per heavy atom. The van der Waals surface area contributed by atoms with Crippen LogP contribution in [0.15, 0.2) is 65.7 Å². The van der Waals surface area contributed by atoms with E-state index >= 15 is 0 Å². The van der Waals surface area contributed by atoms with Gasteiger partial charge in [0.15, 0.2) is 0 Å². The van der Waals surface area contributed by atoms with Gasteiger partial charge in [0, 0.05) is 5.57 Å². The van der Waals surface area contributed by atoms with Gasteiger partial charge in [-0.1, -0.05) is 12.2 Å². The van der Waals surface area contributed by atoms with Crippen molar-refractivity contribution in [2.24, 2.45) is 0 Å². The van der Waals surface area contributed by atoms with Crippen molar-refractivity contribution in [3.63, 3.8) is 0 Å². The molecule has 3 rings (SSSR count). The van der Waals surface area contributed by atoms with Gasteiger partial charge in [0.2, 0.25) is 0 Å². The zero-order valence-electron chi connectivity index (χ0n) is 14.7. The standard InChI is InChI=1S/C10H8F2O.C8H10AsNO5/c11-10(12)8-4-3-7-2-1-5-13-9(7)6-8;1-5(11)10-8-6(9(13,14)15)3-2-4-7(8)12/h1-2,4-6,10H,3H2;2-4,12H,1H3,(H,10,11)(H2,13,14,15). The number of aromatic hydroxyl groups is 1. The molecule has 1 aromatic carbocycles. The molecule has 28 heavy (non-hydrogen) atoms. The third-order valence-corrected chi connectivity index (χ3v) is 5.73. The number of benzene rings is 1. The van der Waals surface area contributed by atoms with Gasteiger partial charge >= 0.3 is 88.1 Å². The van der Waals surface area contributed by atoms with E-state index in [4.69, 9.17) is 12.9 Å². The number of fused-ring (bicyclic) bond motifs is 1. The normalized spacial score (nSPS) is 15.3. The van der Waals surface area contributed by atoms with E-state index in [1.807, 2.05) is 6.08 Å². The third-order valence-electron chi connectivity index (χ3n) is 3.63. The van der Waals surface area contributed by atoms with Crippen LogP contribution < -0.4 is 9.67 Å². The number of hydrogen-bond acceptors (Lipinski definition) is 4. The number of halogens is 2. The van der Waals surface area contributed by atoms with Gasteiger partial charge in [-0.2, -0.15) is 0 Å². The Labute approximate surface area is 162 Å². The summed E-state index contributed by atoms with van der Waals surface area (Å²) in [6.07, 6.45) is 6.15. The van der Waals surface area contributed by atoms with Crippen molar-refractivity contribution < 1.29 is 35.3 Å². The summed E-state index contributed by atoms with van der Waals surface area (Å²) in [6.45, 7) is 1.18. The average molecular weight is 457 g/mol. The summed E-state index contributed by atoms with van der Waals surface area (Å²) in [5, 5.41) is 11.5. The molecule has 0 spiro atoms. The molecule has 1 aromatic rings. The SMILES string of the molecule is CC(=O)Nc1c(O)cccc1[As](=O)(O)O.FC(F)C1=CCC2=CC=COC2=C1. The molecule has 150 valence electrons. The van der Waals surface area contributed by atoms with Crippen molar-refractivity contribution in [2.75, 3.05) is 5.32 Å². The first-order chi connectivity index (χ1) is 13.1. The molecule has 0 saturated carbocycles. The minimum Gasteiger partial charge on any atom is -0.465 e. The molecule has 0 atom stereocenters. The van der Waals surface area contributed by atoms with Gasteiger partial charge in [0.25, 0.3) is 6.43 Å². The van der Waals surface area contributed by atoms with Crippen molar-refractivity contribution in [1.29, 1.82) is 0 Å². The van der Waals surface area contributed by atoms with E-state index in [2.05, 4.69) is 5.32 Å². The molecule has 0 unspecified atom stereocenters. The Balaban J connectivity index is 0.000000202. The number of anilines is 1. The van der Waals surface area contributed by atoms with Crippen molar-refractivity contribution in [3.05, 3.63) is 65.7 Å². The number of amides is 1. The van der Waals surface area contributed by atoms with Crippen LogP contribution in [0.1, 0.15) is 13.3 Å². The first kappa shape index (κ1) is 21.7. The molecule has 0 radical (unpaired) electrons. The Morgan fingerprint density at radius 1 is 1.32 bits per heavy atom. The molecule has 4 N–H and O–H groups in total. The van der Waals surface area contributed by atoms with E-state index in [0.717, 1.165) is 5.57 Å².